The molecule has 22 heavy (non-hydrogen) atoms. The number of hydrogen-bond donors (Lipinski definition) is 2. The largest absolute Gasteiger partial charge is 0.464 e. The lowest BCUT2D eigenvalue weighted by molar-refractivity contribution is 0.0595. The Morgan fingerprint density at radius 3 is 2.86 bits per heavy atom. The number of aromatic amines is 1. The van der Waals surface area contributed by atoms with Gasteiger partial charge in [-0.25, -0.2) is 14.2 Å². The number of esters is 1. The number of aromatic nitrogens is 2. The van der Waals surface area contributed by atoms with Gasteiger partial charge in [0.2, 0.25) is 0 Å². The van der Waals surface area contributed by atoms with Gasteiger partial charge in [-0.1, -0.05) is 0 Å². The summed E-state index contributed by atoms with van der Waals surface area (Å²) in [5.41, 5.74) is 2.66. The zero-order valence-electron chi connectivity index (χ0n) is 11.6. The van der Waals surface area contributed by atoms with E-state index in [0.717, 1.165) is 16.9 Å². The van der Waals surface area contributed by atoms with Crippen molar-refractivity contribution in [1.29, 1.82) is 0 Å². The van der Waals surface area contributed by atoms with Crippen molar-refractivity contribution in [3.63, 3.8) is 0 Å². The number of nitrogens with one attached hydrogen (secondary N) is 2. The van der Waals surface area contributed by atoms with Gasteiger partial charge < -0.3 is 15.0 Å². The molecule has 0 bridgehead atoms. The lowest BCUT2D eigenvalue weighted by Gasteiger charge is -2.01. The highest BCUT2D eigenvalue weighted by molar-refractivity contribution is 7.14. The Morgan fingerprint density at radius 2 is 2.14 bits per heavy atom. The number of carbonyl (C=O) groups excluding carboxylic acids is 1. The van der Waals surface area contributed by atoms with Crippen molar-refractivity contribution in [3.05, 3.63) is 53.4 Å². The van der Waals surface area contributed by atoms with E-state index >= 15 is 0 Å². The van der Waals surface area contributed by atoms with Gasteiger partial charge in [-0.3, -0.25) is 0 Å². The molecule has 0 aliphatic carbocycles. The van der Waals surface area contributed by atoms with E-state index < -0.39 is 5.97 Å². The van der Waals surface area contributed by atoms with E-state index in [1.54, 1.807) is 24.4 Å². The molecule has 3 rings (SSSR count). The van der Waals surface area contributed by atoms with Gasteiger partial charge in [-0.15, -0.1) is 11.3 Å². The zero-order valence-corrected chi connectivity index (χ0v) is 12.4. The quantitative estimate of drug-likeness (QED) is 0.718. The van der Waals surface area contributed by atoms with E-state index in [1.807, 2.05) is 5.38 Å². The molecule has 0 aliphatic rings. The van der Waals surface area contributed by atoms with Crippen molar-refractivity contribution in [3.8, 4) is 11.3 Å². The Labute approximate surface area is 129 Å². The maximum Gasteiger partial charge on any atom is 0.354 e. The summed E-state index contributed by atoms with van der Waals surface area (Å²) < 4.78 is 17.5. The van der Waals surface area contributed by atoms with Crippen LogP contribution in [0.4, 0.5) is 15.2 Å². The van der Waals surface area contributed by atoms with Crippen LogP contribution in [0, 0.1) is 5.82 Å². The first-order valence-electron chi connectivity index (χ1n) is 6.41. The summed E-state index contributed by atoms with van der Waals surface area (Å²) >= 11 is 1.42. The van der Waals surface area contributed by atoms with Crippen LogP contribution < -0.4 is 5.32 Å². The first-order chi connectivity index (χ1) is 10.7. The molecule has 0 fully saturated rings. The van der Waals surface area contributed by atoms with Crippen molar-refractivity contribution in [2.75, 3.05) is 12.4 Å². The standard InChI is InChI=1S/C15H12FN3O2S/c1-21-14(20)12-6-9(7-17-12)13-8-22-15(19-13)18-11-4-2-10(16)3-5-11/h2-8,17H,1H3,(H,18,19). The van der Waals surface area contributed by atoms with Crippen molar-refractivity contribution in [2.45, 2.75) is 0 Å². The maximum absolute atomic E-state index is 12.9. The molecule has 0 atom stereocenters. The number of methoxy groups -OCH3 is 1. The van der Waals surface area contributed by atoms with Crippen LogP contribution in [0.25, 0.3) is 11.3 Å². The van der Waals surface area contributed by atoms with Crippen LogP contribution in [0.15, 0.2) is 41.9 Å². The van der Waals surface area contributed by atoms with E-state index in [4.69, 9.17) is 0 Å². The molecule has 112 valence electrons. The normalized spacial score (nSPS) is 10.5. The van der Waals surface area contributed by atoms with E-state index in [2.05, 4.69) is 20.0 Å². The molecule has 2 heterocycles. The van der Waals surface area contributed by atoms with E-state index in [9.17, 15) is 9.18 Å². The fourth-order valence-electron chi connectivity index (χ4n) is 1.89. The van der Waals surface area contributed by atoms with Crippen LogP contribution in [-0.2, 0) is 4.74 Å². The Hall–Kier alpha value is -2.67. The molecule has 0 saturated heterocycles. The second-order valence-electron chi connectivity index (χ2n) is 4.46. The second-order valence-corrected chi connectivity index (χ2v) is 5.32. The van der Waals surface area contributed by atoms with Gasteiger partial charge in [-0.05, 0) is 30.3 Å². The topological polar surface area (TPSA) is 67.0 Å². The molecule has 0 unspecified atom stereocenters. The van der Waals surface area contributed by atoms with Gasteiger partial charge in [0.15, 0.2) is 5.13 Å². The number of rotatable bonds is 4. The van der Waals surface area contributed by atoms with Crippen LogP contribution in [-0.4, -0.2) is 23.0 Å². The highest BCUT2D eigenvalue weighted by Gasteiger charge is 2.11. The summed E-state index contributed by atoms with van der Waals surface area (Å²) in [7, 11) is 1.33. The van der Waals surface area contributed by atoms with Gasteiger partial charge in [0.05, 0.1) is 12.8 Å². The van der Waals surface area contributed by atoms with Gasteiger partial charge in [-0.2, -0.15) is 0 Å². The zero-order chi connectivity index (χ0) is 15.5. The van der Waals surface area contributed by atoms with Gasteiger partial charge in [0, 0.05) is 22.8 Å². The summed E-state index contributed by atoms with van der Waals surface area (Å²) in [6, 6.07) is 7.73. The van der Waals surface area contributed by atoms with Gasteiger partial charge in [0.1, 0.15) is 11.5 Å². The number of benzene rings is 1. The monoisotopic (exact) mass is 317 g/mol. The van der Waals surface area contributed by atoms with Crippen LogP contribution in [0.3, 0.4) is 0 Å². The molecule has 0 saturated carbocycles. The summed E-state index contributed by atoms with van der Waals surface area (Å²) in [5.74, 6) is -0.709. The lowest BCUT2D eigenvalue weighted by Crippen LogP contribution is -2.00. The number of hydrogen-bond acceptors (Lipinski definition) is 5. The summed E-state index contributed by atoms with van der Waals surface area (Å²) in [6.07, 6.45) is 1.70. The smallest absolute Gasteiger partial charge is 0.354 e. The Morgan fingerprint density at radius 1 is 1.36 bits per heavy atom. The van der Waals surface area contributed by atoms with Gasteiger partial charge >= 0.3 is 5.97 Å². The summed E-state index contributed by atoms with van der Waals surface area (Å²) in [4.78, 5) is 18.7. The molecular formula is C15H12FN3O2S. The third kappa shape index (κ3) is 2.99. The van der Waals surface area contributed by atoms with Crippen molar-refractivity contribution in [1.82, 2.24) is 9.97 Å². The summed E-state index contributed by atoms with van der Waals surface area (Å²) in [5, 5.41) is 5.65. The van der Waals surface area contributed by atoms with Gasteiger partial charge in [0.25, 0.3) is 0 Å². The molecule has 2 aromatic heterocycles. The number of H-pyrrole nitrogens is 1. The highest BCUT2D eigenvalue weighted by atomic mass is 32.1. The predicted octanol–water partition coefficient (Wildman–Crippen LogP) is 3.81. The minimum absolute atomic E-state index is 0.284. The Bertz CT molecular complexity index is 795. The average Bonchev–Trinajstić information content (AvgIpc) is 3.18. The highest BCUT2D eigenvalue weighted by Crippen LogP contribution is 2.27. The SMILES string of the molecule is COC(=O)c1cc(-c2csc(Nc3ccc(F)cc3)n2)c[nH]1. The molecule has 1 aromatic carbocycles. The third-order valence-corrected chi connectivity index (χ3v) is 3.74. The fourth-order valence-corrected chi connectivity index (χ4v) is 2.63. The average molecular weight is 317 g/mol. The maximum atomic E-state index is 12.9. The Kier molecular flexibility index (Phi) is 3.88. The molecule has 0 spiro atoms. The molecule has 0 aliphatic heterocycles. The summed E-state index contributed by atoms with van der Waals surface area (Å²) in [6.45, 7) is 0. The molecular weight excluding hydrogens is 305 g/mol. The molecule has 0 radical (unpaired) electrons. The van der Waals surface area contributed by atoms with E-state index in [1.165, 1.54) is 30.6 Å². The molecule has 5 nitrogen and oxygen atoms in total. The first kappa shape index (κ1) is 14.3. The molecule has 3 aromatic rings. The molecule has 7 heteroatoms. The van der Waals surface area contributed by atoms with Crippen LogP contribution >= 0.6 is 11.3 Å². The minimum Gasteiger partial charge on any atom is -0.464 e. The van der Waals surface area contributed by atoms with Crippen molar-refractivity contribution in [2.24, 2.45) is 0 Å². The number of ether oxygens (including phenoxy) is 1. The van der Waals surface area contributed by atoms with E-state index in [-0.39, 0.29) is 5.82 Å². The molecule has 2 N–H and O–H groups in total. The Balaban J connectivity index is 1.77. The number of nitrogens with zero attached hydrogens (tertiary/aromatic N) is 1. The van der Waals surface area contributed by atoms with Crippen LogP contribution in [0.1, 0.15) is 10.5 Å². The first-order valence-corrected chi connectivity index (χ1v) is 7.29. The number of thiazole rings is 1. The molecule has 0 amide bonds. The minimum atomic E-state index is -0.425. The second kappa shape index (κ2) is 5.98. The third-order valence-electron chi connectivity index (χ3n) is 2.98. The predicted molar refractivity (Wildman–Crippen MR) is 82.9 cm³/mol. The van der Waals surface area contributed by atoms with Crippen molar-refractivity contribution >= 4 is 28.1 Å². The number of anilines is 2. The van der Waals surface area contributed by atoms with Crippen molar-refractivity contribution < 1.29 is 13.9 Å². The number of halogens is 1. The lowest BCUT2D eigenvalue weighted by atomic mass is 10.2. The fraction of sp³-hybridized carbons (Fsp3) is 0.0667. The number of carbonyl (C=O) groups is 1. The van der Waals surface area contributed by atoms with Crippen LogP contribution in [0.2, 0.25) is 0 Å². The van der Waals surface area contributed by atoms with E-state index in [0.29, 0.717) is 10.8 Å². The van der Waals surface area contributed by atoms with Crippen LogP contribution in [0.5, 0.6) is 0 Å².